The van der Waals surface area contributed by atoms with Gasteiger partial charge >= 0.3 is 0 Å². The zero-order valence-electron chi connectivity index (χ0n) is 12.8. The minimum absolute atomic E-state index is 0.0630. The molecule has 2 amide bonds. The molecule has 0 bridgehead atoms. The van der Waals surface area contributed by atoms with Gasteiger partial charge in [0.05, 0.1) is 6.54 Å². The highest BCUT2D eigenvalue weighted by Crippen LogP contribution is 2.29. The van der Waals surface area contributed by atoms with Crippen molar-refractivity contribution < 1.29 is 9.59 Å². The molecule has 1 aromatic rings. The van der Waals surface area contributed by atoms with Crippen LogP contribution in [0.4, 0.5) is 0 Å². The van der Waals surface area contributed by atoms with Crippen molar-refractivity contribution in [3.63, 3.8) is 0 Å². The van der Waals surface area contributed by atoms with E-state index in [0.29, 0.717) is 19.0 Å². The van der Waals surface area contributed by atoms with Gasteiger partial charge in [0.15, 0.2) is 0 Å². The summed E-state index contributed by atoms with van der Waals surface area (Å²) in [7, 11) is 0. The molecular weight excluding hydrogens is 284 g/mol. The Balaban J connectivity index is 2.08. The maximum Gasteiger partial charge on any atom is 0.245 e. The molecule has 1 fully saturated rings. The van der Waals surface area contributed by atoms with Gasteiger partial charge in [-0.2, -0.15) is 0 Å². The molecule has 1 atom stereocenters. The highest BCUT2D eigenvalue weighted by molar-refractivity contribution is 7.09. The highest BCUT2D eigenvalue weighted by atomic mass is 32.1. The lowest BCUT2D eigenvalue weighted by molar-refractivity contribution is -0.138. The van der Waals surface area contributed by atoms with Crippen LogP contribution in [0.2, 0.25) is 0 Å². The van der Waals surface area contributed by atoms with E-state index in [-0.39, 0.29) is 17.9 Å². The van der Waals surface area contributed by atoms with Crippen molar-refractivity contribution in [1.29, 1.82) is 0 Å². The molecule has 0 aromatic carbocycles. The summed E-state index contributed by atoms with van der Waals surface area (Å²) in [5.74, 6) is 0.235. The van der Waals surface area contributed by atoms with Crippen LogP contribution >= 0.6 is 11.3 Å². The molecule has 116 valence electrons. The monoisotopic (exact) mass is 308 g/mol. The number of thiophene rings is 1. The predicted octanol–water partition coefficient (Wildman–Crippen LogP) is 2.79. The van der Waals surface area contributed by atoms with Crippen LogP contribution in [-0.2, 0) is 16.1 Å². The normalized spacial score (nSPS) is 16.7. The Kier molecular flexibility index (Phi) is 5.79. The molecule has 1 N–H and O–H groups in total. The second-order valence-corrected chi connectivity index (χ2v) is 6.69. The Bertz CT molecular complexity index is 467. The Morgan fingerprint density at radius 3 is 2.67 bits per heavy atom. The number of nitrogens with one attached hydrogen (secondary N) is 1. The lowest BCUT2D eigenvalue weighted by Crippen LogP contribution is -2.51. The van der Waals surface area contributed by atoms with E-state index in [9.17, 15) is 9.59 Å². The van der Waals surface area contributed by atoms with Crippen molar-refractivity contribution in [2.24, 2.45) is 5.92 Å². The zero-order valence-corrected chi connectivity index (χ0v) is 13.6. The first-order chi connectivity index (χ1) is 10.1. The van der Waals surface area contributed by atoms with E-state index in [1.165, 1.54) is 11.8 Å². The lowest BCUT2D eigenvalue weighted by Gasteiger charge is -2.29. The van der Waals surface area contributed by atoms with E-state index in [4.69, 9.17) is 0 Å². The zero-order chi connectivity index (χ0) is 15.2. The van der Waals surface area contributed by atoms with E-state index in [0.717, 1.165) is 25.7 Å². The van der Waals surface area contributed by atoms with Crippen LogP contribution in [0.3, 0.4) is 0 Å². The summed E-state index contributed by atoms with van der Waals surface area (Å²) in [4.78, 5) is 27.3. The third-order valence-corrected chi connectivity index (χ3v) is 4.98. The van der Waals surface area contributed by atoms with Gasteiger partial charge in [0.2, 0.25) is 11.8 Å². The van der Waals surface area contributed by atoms with E-state index < -0.39 is 0 Å². The van der Waals surface area contributed by atoms with Gasteiger partial charge in [-0.3, -0.25) is 9.59 Å². The van der Waals surface area contributed by atoms with Crippen molar-refractivity contribution in [3.8, 4) is 0 Å². The molecule has 0 radical (unpaired) electrons. The van der Waals surface area contributed by atoms with Crippen LogP contribution in [0.5, 0.6) is 0 Å². The average molecular weight is 308 g/mol. The van der Waals surface area contributed by atoms with Crippen LogP contribution in [0.15, 0.2) is 17.5 Å². The molecule has 0 saturated heterocycles. The second-order valence-electron chi connectivity index (χ2n) is 5.65. The highest BCUT2D eigenvalue weighted by Gasteiger charge is 2.33. The molecule has 2 rings (SSSR count). The van der Waals surface area contributed by atoms with Crippen LogP contribution < -0.4 is 5.32 Å². The quantitative estimate of drug-likeness (QED) is 0.878. The van der Waals surface area contributed by atoms with Gasteiger partial charge in [-0.15, -0.1) is 11.3 Å². The summed E-state index contributed by atoms with van der Waals surface area (Å²) in [6, 6.07) is 3.69. The lowest BCUT2D eigenvalue weighted by atomic mass is 9.96. The summed E-state index contributed by atoms with van der Waals surface area (Å²) in [6.07, 6.45) is 4.39. The van der Waals surface area contributed by atoms with Gasteiger partial charge in [0.1, 0.15) is 6.04 Å². The Labute approximate surface area is 130 Å². The Morgan fingerprint density at radius 1 is 1.43 bits per heavy atom. The molecule has 1 saturated carbocycles. The van der Waals surface area contributed by atoms with Crippen molar-refractivity contribution >= 4 is 23.2 Å². The number of amides is 2. The molecule has 0 aliphatic heterocycles. The molecule has 4 nitrogen and oxygen atoms in total. The smallest absolute Gasteiger partial charge is 0.245 e. The van der Waals surface area contributed by atoms with E-state index >= 15 is 0 Å². The van der Waals surface area contributed by atoms with Crippen molar-refractivity contribution in [2.45, 2.75) is 52.1 Å². The number of hydrogen-bond donors (Lipinski definition) is 1. The maximum atomic E-state index is 12.8. The molecule has 1 aliphatic rings. The van der Waals surface area contributed by atoms with Gasteiger partial charge in [-0.25, -0.2) is 0 Å². The number of rotatable bonds is 6. The Morgan fingerprint density at radius 2 is 2.14 bits per heavy atom. The number of likely N-dealkylation sites (N-methyl/N-ethyl adjacent to an activating group) is 1. The summed E-state index contributed by atoms with van der Waals surface area (Å²) >= 11 is 1.66. The molecule has 1 unspecified atom stereocenters. The second kappa shape index (κ2) is 7.59. The Hall–Kier alpha value is -1.36. The number of hydrogen-bond acceptors (Lipinski definition) is 3. The van der Waals surface area contributed by atoms with Crippen molar-refractivity contribution in [1.82, 2.24) is 10.2 Å². The summed E-state index contributed by atoms with van der Waals surface area (Å²) < 4.78 is 0. The minimum Gasteiger partial charge on any atom is -0.344 e. The van der Waals surface area contributed by atoms with E-state index in [1.54, 1.807) is 11.3 Å². The molecule has 1 aliphatic carbocycles. The van der Waals surface area contributed by atoms with Crippen molar-refractivity contribution in [2.75, 3.05) is 6.54 Å². The minimum atomic E-state index is -0.357. The van der Waals surface area contributed by atoms with E-state index in [1.807, 2.05) is 29.3 Å². The summed E-state index contributed by atoms with van der Waals surface area (Å²) in [5, 5.41) is 4.91. The molecular formula is C16H24N2O2S. The third kappa shape index (κ3) is 4.30. The van der Waals surface area contributed by atoms with Gasteiger partial charge in [-0.05, 0) is 37.1 Å². The molecule has 0 spiro atoms. The van der Waals surface area contributed by atoms with Gasteiger partial charge < -0.3 is 10.2 Å². The SMILES string of the molecule is CCN(Cc1cccs1)C(=O)C(NC(C)=O)C1CCCC1. The number of nitrogens with zero attached hydrogens (tertiary/aromatic N) is 1. The van der Waals surface area contributed by atoms with Crippen LogP contribution in [-0.4, -0.2) is 29.3 Å². The first-order valence-electron chi connectivity index (χ1n) is 7.70. The molecule has 1 heterocycles. The fraction of sp³-hybridized carbons (Fsp3) is 0.625. The largest absolute Gasteiger partial charge is 0.344 e. The van der Waals surface area contributed by atoms with Gasteiger partial charge in [0.25, 0.3) is 0 Å². The van der Waals surface area contributed by atoms with Gasteiger partial charge in [0, 0.05) is 18.3 Å². The van der Waals surface area contributed by atoms with Crippen LogP contribution in [0, 0.1) is 5.92 Å². The van der Waals surface area contributed by atoms with E-state index in [2.05, 4.69) is 5.32 Å². The van der Waals surface area contributed by atoms with Crippen LogP contribution in [0.1, 0.15) is 44.4 Å². The maximum absolute atomic E-state index is 12.8. The number of carbonyl (C=O) groups is 2. The van der Waals surface area contributed by atoms with Crippen molar-refractivity contribution in [3.05, 3.63) is 22.4 Å². The topological polar surface area (TPSA) is 49.4 Å². The first-order valence-corrected chi connectivity index (χ1v) is 8.58. The first kappa shape index (κ1) is 16.0. The fourth-order valence-corrected chi connectivity index (χ4v) is 3.74. The molecule has 1 aromatic heterocycles. The average Bonchev–Trinajstić information content (AvgIpc) is 3.14. The summed E-state index contributed by atoms with van der Waals surface area (Å²) in [6.45, 7) is 4.78. The van der Waals surface area contributed by atoms with Crippen LogP contribution in [0.25, 0.3) is 0 Å². The standard InChI is InChI=1S/C16H24N2O2S/c1-3-18(11-14-9-6-10-21-14)16(20)15(17-12(2)19)13-7-4-5-8-13/h6,9-10,13,15H,3-5,7-8,11H2,1-2H3,(H,17,19). The fourth-order valence-electron chi connectivity index (χ4n) is 3.02. The number of carbonyl (C=O) groups excluding carboxylic acids is 2. The van der Waals surface area contributed by atoms with Gasteiger partial charge in [-0.1, -0.05) is 18.9 Å². The predicted molar refractivity (Wildman–Crippen MR) is 85.0 cm³/mol. The summed E-state index contributed by atoms with van der Waals surface area (Å²) in [5.41, 5.74) is 0. The molecule has 5 heteroatoms. The molecule has 21 heavy (non-hydrogen) atoms. The third-order valence-electron chi connectivity index (χ3n) is 4.12.